The molecule has 0 fully saturated rings. The molecule has 0 aliphatic carbocycles. The maximum Gasteiger partial charge on any atom is 0.327 e. The van der Waals surface area contributed by atoms with Gasteiger partial charge in [-0.25, -0.2) is 0 Å². The van der Waals surface area contributed by atoms with E-state index >= 15 is 0 Å². The summed E-state index contributed by atoms with van der Waals surface area (Å²) in [6.45, 7) is 2.42. The van der Waals surface area contributed by atoms with E-state index < -0.39 is 11.5 Å². The summed E-state index contributed by atoms with van der Waals surface area (Å²) in [6.07, 6.45) is 0.957. The highest BCUT2D eigenvalue weighted by Crippen LogP contribution is 2.15. The Labute approximate surface area is 84.0 Å². The molecule has 14 heavy (non-hydrogen) atoms. The normalized spacial score (nSPS) is 14.1. The van der Waals surface area contributed by atoms with E-state index in [1.54, 1.807) is 6.92 Å². The highest BCUT2D eigenvalue weighted by molar-refractivity contribution is 5.80. The van der Waals surface area contributed by atoms with Crippen molar-refractivity contribution in [2.75, 3.05) is 13.2 Å². The first kappa shape index (κ1) is 12.9. The molecule has 0 aromatic rings. The van der Waals surface area contributed by atoms with Crippen LogP contribution in [0.5, 0.6) is 0 Å². The summed E-state index contributed by atoms with van der Waals surface area (Å²) < 4.78 is 4.80. The van der Waals surface area contributed by atoms with Crippen molar-refractivity contribution in [3.63, 3.8) is 0 Å². The number of nitriles is 1. The van der Waals surface area contributed by atoms with Crippen LogP contribution in [0, 0.1) is 11.3 Å². The molecule has 0 rings (SSSR count). The first-order chi connectivity index (χ1) is 6.60. The van der Waals surface area contributed by atoms with Crippen LogP contribution in [0.2, 0.25) is 0 Å². The minimum atomic E-state index is -1.19. The number of esters is 1. The number of nitrogens with zero attached hydrogens (tertiary/aromatic N) is 1. The summed E-state index contributed by atoms with van der Waals surface area (Å²) in [7, 11) is 0. The average Bonchev–Trinajstić information content (AvgIpc) is 2.15. The summed E-state index contributed by atoms with van der Waals surface area (Å²) in [5.74, 6) is -0.519. The maximum atomic E-state index is 11.4. The second-order valence-electron chi connectivity index (χ2n) is 3.10. The van der Waals surface area contributed by atoms with Crippen molar-refractivity contribution in [1.29, 1.82) is 5.26 Å². The second kappa shape index (κ2) is 6.35. The smallest absolute Gasteiger partial charge is 0.327 e. The predicted molar refractivity (Wildman–Crippen MR) is 52.1 cm³/mol. The fourth-order valence-electron chi connectivity index (χ4n) is 1.10. The van der Waals surface area contributed by atoms with Crippen LogP contribution in [0.15, 0.2) is 0 Å². The van der Waals surface area contributed by atoms with Crippen LogP contribution in [-0.4, -0.2) is 24.7 Å². The van der Waals surface area contributed by atoms with Crippen LogP contribution < -0.4 is 11.5 Å². The summed E-state index contributed by atoms with van der Waals surface area (Å²) in [5, 5.41) is 8.55. The van der Waals surface area contributed by atoms with E-state index in [4.69, 9.17) is 21.5 Å². The third-order valence-corrected chi connectivity index (χ3v) is 1.90. The van der Waals surface area contributed by atoms with Gasteiger partial charge in [-0.2, -0.15) is 5.26 Å². The van der Waals surface area contributed by atoms with Gasteiger partial charge in [0.05, 0.1) is 19.1 Å². The molecule has 0 spiro atoms. The highest BCUT2D eigenvalue weighted by atomic mass is 16.5. The first-order valence-electron chi connectivity index (χ1n) is 4.64. The van der Waals surface area contributed by atoms with Crippen LogP contribution in [0.3, 0.4) is 0 Å². The average molecular weight is 199 g/mol. The second-order valence-corrected chi connectivity index (χ2v) is 3.10. The Balaban J connectivity index is 4.37. The van der Waals surface area contributed by atoms with Crippen LogP contribution in [0.1, 0.15) is 26.2 Å². The largest absolute Gasteiger partial charge is 0.465 e. The van der Waals surface area contributed by atoms with E-state index in [0.717, 1.165) is 0 Å². The zero-order valence-electron chi connectivity index (χ0n) is 8.45. The Bertz CT molecular complexity index is 225. The minimum absolute atomic E-state index is 0.0359. The molecule has 0 aliphatic rings. The number of carbonyl (C=O) groups is 1. The molecule has 0 aliphatic heterocycles. The van der Waals surface area contributed by atoms with E-state index in [9.17, 15) is 4.79 Å². The molecule has 80 valence electrons. The molecule has 0 unspecified atom stereocenters. The molecule has 1 atom stereocenters. The fourth-order valence-corrected chi connectivity index (χ4v) is 1.10. The van der Waals surface area contributed by atoms with Crippen molar-refractivity contribution >= 4 is 5.97 Å². The minimum Gasteiger partial charge on any atom is -0.465 e. The van der Waals surface area contributed by atoms with Gasteiger partial charge >= 0.3 is 5.97 Å². The molecular formula is C9H17N3O2. The predicted octanol–water partition coefficient (Wildman–Crippen LogP) is -0.100. The molecule has 0 saturated carbocycles. The van der Waals surface area contributed by atoms with Crippen molar-refractivity contribution in [2.24, 2.45) is 11.5 Å². The first-order valence-corrected chi connectivity index (χ1v) is 4.64. The number of rotatable bonds is 6. The van der Waals surface area contributed by atoms with Gasteiger partial charge in [0.15, 0.2) is 0 Å². The quantitative estimate of drug-likeness (QED) is 0.581. The topological polar surface area (TPSA) is 102 Å². The van der Waals surface area contributed by atoms with Crippen molar-refractivity contribution in [3.8, 4) is 6.07 Å². The van der Waals surface area contributed by atoms with Gasteiger partial charge in [-0.05, 0) is 26.3 Å². The van der Waals surface area contributed by atoms with Crippen LogP contribution in [0.4, 0.5) is 0 Å². The van der Waals surface area contributed by atoms with Crippen LogP contribution in [-0.2, 0) is 9.53 Å². The summed E-state index contributed by atoms with van der Waals surface area (Å²) in [4.78, 5) is 11.4. The standard InChI is InChI=1S/C9H17N3O2/c1-2-14-8(13)9(12,5-7-11)4-3-6-10/h2-6,10,12H2,1H3/t9-/m1/s1. The van der Waals surface area contributed by atoms with E-state index in [1.165, 1.54) is 0 Å². The van der Waals surface area contributed by atoms with Gasteiger partial charge in [0.25, 0.3) is 0 Å². The summed E-state index contributed by atoms with van der Waals surface area (Å²) >= 11 is 0. The number of carbonyl (C=O) groups excluding carboxylic acids is 1. The van der Waals surface area contributed by atoms with Crippen molar-refractivity contribution < 1.29 is 9.53 Å². The number of ether oxygens (including phenoxy) is 1. The lowest BCUT2D eigenvalue weighted by Crippen LogP contribution is -2.49. The van der Waals surface area contributed by atoms with Crippen molar-refractivity contribution in [2.45, 2.75) is 31.7 Å². The summed E-state index contributed by atoms with van der Waals surface area (Å²) in [6, 6.07) is 1.89. The van der Waals surface area contributed by atoms with Crippen molar-refractivity contribution in [1.82, 2.24) is 0 Å². The Morgan fingerprint density at radius 2 is 2.29 bits per heavy atom. The summed E-state index contributed by atoms with van der Waals surface area (Å²) in [5.41, 5.74) is 9.90. The molecular weight excluding hydrogens is 182 g/mol. The van der Waals surface area contributed by atoms with Gasteiger partial charge in [0, 0.05) is 0 Å². The fraction of sp³-hybridized carbons (Fsp3) is 0.778. The third-order valence-electron chi connectivity index (χ3n) is 1.90. The molecule has 0 bridgehead atoms. The zero-order valence-corrected chi connectivity index (χ0v) is 8.45. The number of hydrogen-bond acceptors (Lipinski definition) is 5. The molecule has 4 N–H and O–H groups in total. The van der Waals surface area contributed by atoms with Crippen LogP contribution >= 0.6 is 0 Å². The lowest BCUT2D eigenvalue weighted by atomic mass is 9.91. The highest BCUT2D eigenvalue weighted by Gasteiger charge is 2.34. The Kier molecular flexibility index (Phi) is 5.84. The molecule has 0 heterocycles. The van der Waals surface area contributed by atoms with E-state index in [0.29, 0.717) is 19.4 Å². The Hall–Kier alpha value is -1.12. The van der Waals surface area contributed by atoms with E-state index in [2.05, 4.69) is 0 Å². The molecule has 0 radical (unpaired) electrons. The molecule has 0 aromatic heterocycles. The van der Waals surface area contributed by atoms with Gasteiger partial charge in [0.1, 0.15) is 5.54 Å². The van der Waals surface area contributed by atoms with Gasteiger partial charge in [-0.1, -0.05) is 0 Å². The number of hydrogen-bond donors (Lipinski definition) is 2. The molecule has 0 aromatic carbocycles. The van der Waals surface area contributed by atoms with E-state index in [-0.39, 0.29) is 13.0 Å². The number of nitrogens with two attached hydrogens (primary N) is 2. The molecule has 5 heteroatoms. The molecule has 0 saturated heterocycles. The van der Waals surface area contributed by atoms with Gasteiger partial charge < -0.3 is 16.2 Å². The Morgan fingerprint density at radius 3 is 2.71 bits per heavy atom. The van der Waals surface area contributed by atoms with E-state index in [1.807, 2.05) is 6.07 Å². The maximum absolute atomic E-state index is 11.4. The molecule has 0 amide bonds. The Morgan fingerprint density at radius 1 is 1.64 bits per heavy atom. The lowest BCUT2D eigenvalue weighted by Gasteiger charge is -2.23. The van der Waals surface area contributed by atoms with Gasteiger partial charge in [0.2, 0.25) is 0 Å². The van der Waals surface area contributed by atoms with Crippen LogP contribution in [0.25, 0.3) is 0 Å². The van der Waals surface area contributed by atoms with Gasteiger partial charge in [-0.3, -0.25) is 4.79 Å². The monoisotopic (exact) mass is 199 g/mol. The lowest BCUT2D eigenvalue weighted by molar-refractivity contribution is -0.149. The SMILES string of the molecule is CCOC(=O)[C@](N)(CC#N)CCCN. The van der Waals surface area contributed by atoms with Gasteiger partial charge in [-0.15, -0.1) is 0 Å². The zero-order chi connectivity index (χ0) is 11.0. The van der Waals surface area contributed by atoms with Crippen molar-refractivity contribution in [3.05, 3.63) is 0 Å². The molecule has 5 nitrogen and oxygen atoms in total. The third kappa shape index (κ3) is 3.73.